The third kappa shape index (κ3) is 21.1. The van der Waals surface area contributed by atoms with Gasteiger partial charge >= 0.3 is 30.2 Å². The number of primary amides is 1. The minimum Gasteiger partial charge on any atom is -0.467 e. The summed E-state index contributed by atoms with van der Waals surface area (Å²) in [6, 6.07) is 24.4. The fourth-order valence-corrected chi connectivity index (χ4v) is 8.71. The van der Waals surface area contributed by atoms with E-state index in [1.807, 2.05) is 48.5 Å². The van der Waals surface area contributed by atoms with Crippen molar-refractivity contribution < 1.29 is 76.4 Å². The number of carbonyl (C=O) groups is 11. The maximum Gasteiger partial charge on any atom is 0.408 e. The lowest BCUT2D eigenvalue weighted by molar-refractivity contribution is -0.153. The van der Waals surface area contributed by atoms with Crippen molar-refractivity contribution in [3.05, 3.63) is 131 Å². The van der Waals surface area contributed by atoms with E-state index in [0.29, 0.717) is 11.1 Å². The van der Waals surface area contributed by atoms with Crippen molar-refractivity contribution in [2.75, 3.05) is 33.4 Å². The summed E-state index contributed by atoms with van der Waals surface area (Å²) in [5, 5.41) is 19.3. The number of alkyl carbamates (subject to hydrolysis) is 3. The number of esters is 2. The van der Waals surface area contributed by atoms with Crippen molar-refractivity contribution in [2.45, 2.75) is 115 Å². The monoisotopic (exact) mass is 1160 g/mol. The van der Waals surface area contributed by atoms with Crippen LogP contribution in [0.3, 0.4) is 0 Å². The fourth-order valence-electron chi connectivity index (χ4n) is 8.71. The van der Waals surface area contributed by atoms with E-state index >= 15 is 0 Å². The van der Waals surface area contributed by atoms with Crippen molar-refractivity contribution in [2.24, 2.45) is 11.7 Å². The number of nitrogens with one attached hydrogen (secondary N) is 8. The molecule has 0 radical (unpaired) electrons. The van der Waals surface area contributed by atoms with Crippen LogP contribution in [0.2, 0.25) is 0 Å². The van der Waals surface area contributed by atoms with Crippen LogP contribution in [-0.2, 0) is 75.1 Å². The molecule has 0 saturated carbocycles. The van der Waals surface area contributed by atoms with Gasteiger partial charge in [-0.2, -0.15) is 0 Å². The lowest BCUT2D eigenvalue weighted by Crippen LogP contribution is -2.60. The van der Waals surface area contributed by atoms with E-state index in [1.165, 1.54) is 6.92 Å². The predicted octanol–water partition coefficient (Wildman–Crippen LogP) is 2.67. The molecule has 1 aliphatic rings. The molecule has 6 atom stereocenters. The van der Waals surface area contributed by atoms with Gasteiger partial charge in [-0.1, -0.05) is 123 Å². The van der Waals surface area contributed by atoms with Crippen molar-refractivity contribution in [3.8, 4) is 11.1 Å². The second kappa shape index (κ2) is 31.6. The number of amides is 9. The number of ether oxygens (including phenoxy) is 5. The highest BCUT2D eigenvalue weighted by Crippen LogP contribution is 2.44. The Hall–Kier alpha value is -9.55. The van der Waals surface area contributed by atoms with E-state index in [1.54, 1.807) is 95.3 Å². The van der Waals surface area contributed by atoms with Crippen LogP contribution in [-0.4, -0.2) is 141 Å². The van der Waals surface area contributed by atoms with Crippen molar-refractivity contribution in [1.29, 1.82) is 0 Å². The number of hydrogen-bond acceptors (Lipinski definition) is 16. The van der Waals surface area contributed by atoms with E-state index in [9.17, 15) is 52.7 Å². The Kier molecular flexibility index (Phi) is 24.6. The number of fused-ring (bicyclic) bond motifs is 3. The van der Waals surface area contributed by atoms with E-state index in [2.05, 4.69) is 42.5 Å². The Balaban J connectivity index is 1.38. The van der Waals surface area contributed by atoms with Gasteiger partial charge in [0.2, 0.25) is 35.4 Å². The van der Waals surface area contributed by atoms with Gasteiger partial charge in [-0.05, 0) is 73.4 Å². The molecule has 9 amide bonds. The van der Waals surface area contributed by atoms with Crippen LogP contribution in [0, 0.1) is 5.92 Å². The zero-order chi connectivity index (χ0) is 61.5. The highest BCUT2D eigenvalue weighted by atomic mass is 16.6. The van der Waals surface area contributed by atoms with Crippen LogP contribution < -0.4 is 48.3 Å². The molecule has 25 heteroatoms. The number of methoxy groups -OCH3 is 1. The molecule has 0 spiro atoms. The second-order valence-electron chi connectivity index (χ2n) is 21.0. The molecule has 0 aliphatic heterocycles. The van der Waals surface area contributed by atoms with Crippen molar-refractivity contribution >= 4 is 65.7 Å². The van der Waals surface area contributed by atoms with Gasteiger partial charge in [-0.25, -0.2) is 19.2 Å². The van der Waals surface area contributed by atoms with Gasteiger partial charge < -0.3 is 72.0 Å². The molecule has 10 N–H and O–H groups in total. The summed E-state index contributed by atoms with van der Waals surface area (Å²) in [5.74, 6) is -8.21. The molecule has 0 unspecified atom stereocenters. The first-order chi connectivity index (χ1) is 39.9. The van der Waals surface area contributed by atoms with Crippen LogP contribution >= 0.6 is 0 Å². The topological polar surface area (TPSA) is 356 Å². The summed E-state index contributed by atoms with van der Waals surface area (Å²) in [7, 11) is 1.12. The predicted molar refractivity (Wildman–Crippen MR) is 303 cm³/mol. The third-order valence-corrected chi connectivity index (χ3v) is 12.7. The lowest BCUT2D eigenvalue weighted by atomic mass is 9.98. The largest absolute Gasteiger partial charge is 0.467 e. The fraction of sp³-hybridized carbons (Fsp3) is 0.407. The normalized spacial score (nSPS) is 13.7. The van der Waals surface area contributed by atoms with Crippen LogP contribution in [0.4, 0.5) is 14.4 Å². The third-order valence-electron chi connectivity index (χ3n) is 12.7. The van der Waals surface area contributed by atoms with Gasteiger partial charge in [-0.3, -0.25) is 33.6 Å². The van der Waals surface area contributed by atoms with Crippen LogP contribution in [0.25, 0.3) is 11.1 Å². The number of hydrogen-bond donors (Lipinski definition) is 9. The van der Waals surface area contributed by atoms with E-state index < -0.39 is 134 Å². The number of rotatable bonds is 28. The molecular formula is C59H73N9O16. The maximum absolute atomic E-state index is 14.4. The van der Waals surface area contributed by atoms with Crippen LogP contribution in [0.1, 0.15) is 82.6 Å². The average Bonchev–Trinajstić information content (AvgIpc) is 3.76. The first-order valence-corrected chi connectivity index (χ1v) is 27.0. The summed E-state index contributed by atoms with van der Waals surface area (Å²) < 4.78 is 27.2. The Morgan fingerprint density at radius 2 is 1.11 bits per heavy atom. The Bertz CT molecular complexity index is 2930. The lowest BCUT2D eigenvalue weighted by Gasteiger charge is -2.28. The Morgan fingerprint density at radius 1 is 0.560 bits per heavy atom. The molecule has 0 saturated heterocycles. The van der Waals surface area contributed by atoms with E-state index in [-0.39, 0.29) is 37.9 Å². The Morgan fingerprint density at radius 3 is 1.69 bits per heavy atom. The molecule has 84 heavy (non-hydrogen) atoms. The first-order valence-electron chi connectivity index (χ1n) is 27.0. The molecule has 25 nitrogen and oxygen atoms in total. The second-order valence-corrected chi connectivity index (χ2v) is 21.0. The molecule has 4 aromatic carbocycles. The van der Waals surface area contributed by atoms with Gasteiger partial charge in [0.1, 0.15) is 55.1 Å². The summed E-state index contributed by atoms with van der Waals surface area (Å²) in [4.78, 5) is 147. The van der Waals surface area contributed by atoms with Gasteiger partial charge in [0.25, 0.3) is 0 Å². The molecule has 0 heterocycles. The highest BCUT2D eigenvalue weighted by Gasteiger charge is 2.37. The number of benzene rings is 4. The van der Waals surface area contributed by atoms with Gasteiger partial charge in [0, 0.05) is 18.9 Å². The molecule has 450 valence electrons. The zero-order valence-electron chi connectivity index (χ0n) is 47.8. The Labute approximate surface area is 485 Å². The smallest absolute Gasteiger partial charge is 0.408 e. The summed E-state index contributed by atoms with van der Waals surface area (Å²) >= 11 is 0. The molecule has 4 aromatic rings. The van der Waals surface area contributed by atoms with Crippen LogP contribution in [0.15, 0.2) is 109 Å². The minimum absolute atomic E-state index is 0.0231. The molecule has 5 rings (SSSR count). The molecule has 1 aliphatic carbocycles. The van der Waals surface area contributed by atoms with Crippen molar-refractivity contribution in [3.63, 3.8) is 0 Å². The number of carbonyl (C=O) groups excluding carboxylic acids is 11. The van der Waals surface area contributed by atoms with E-state index in [4.69, 9.17) is 29.4 Å². The van der Waals surface area contributed by atoms with E-state index in [0.717, 1.165) is 29.4 Å². The highest BCUT2D eigenvalue weighted by molar-refractivity contribution is 5.95. The SMILES string of the molecule is COC(=O)[C@H](Cc1ccccc1)NC(=O)[C@H](CC(=O)O[C@H](C)[C@H](NC(=O)OCc1ccccc1)C(=O)NC[C@H](NC(=O)OC(C)(C)C)C(=O)N[C@@H](CC(C)C)C(=O)NCC(=O)NCC(N)=O)NC(=O)OCC1c2ccccc2-c2ccccc21. The summed E-state index contributed by atoms with van der Waals surface area (Å²) in [5.41, 5.74) is 8.91. The summed E-state index contributed by atoms with van der Waals surface area (Å²) in [6.45, 7) is 7.10. The molecular weight excluding hydrogens is 1090 g/mol. The van der Waals surface area contributed by atoms with Gasteiger partial charge in [0.15, 0.2) is 0 Å². The first kappa shape index (κ1) is 65.3. The minimum atomic E-state index is -1.85. The molecule has 0 bridgehead atoms. The summed E-state index contributed by atoms with van der Waals surface area (Å²) in [6.07, 6.45) is -5.99. The zero-order valence-corrected chi connectivity index (χ0v) is 47.8. The molecule has 0 aromatic heterocycles. The van der Waals surface area contributed by atoms with Crippen molar-refractivity contribution in [1.82, 2.24) is 42.5 Å². The maximum atomic E-state index is 14.4. The average molecular weight is 1160 g/mol. The number of nitrogens with two attached hydrogens (primary N) is 1. The standard InChI is InChI=1S/C59H73N9O16/c1-34(2)26-43(51(72)63-31-48(70)61-30-47(60)69)64-53(74)46(67-58(79)84-59(4,5)6)29-62-54(75)50(68-57(78)81-32-37-20-12-9-13-21-37)35(3)83-49(71)28-44(52(73)65-45(55(76)80-7)27-36-18-10-8-11-19-36)66-56(77)82-33-42-40-24-16-14-22-38(40)39-23-15-17-25-41(39)42/h8-25,34-35,42-46,50H,26-33H2,1-7H3,(H2,60,69)(H,61,70)(H,62,75)(H,63,72)(H,64,74)(H,65,73)(H,66,77)(H,67,79)(H,68,78)/t35-,43+,44+,45+,46+,50+/m1/s1. The van der Waals surface area contributed by atoms with Gasteiger partial charge in [0.05, 0.1) is 26.6 Å². The van der Waals surface area contributed by atoms with Gasteiger partial charge in [-0.15, -0.1) is 0 Å². The quantitative estimate of drug-likeness (QED) is 0.0292. The molecule has 0 fully saturated rings. The van der Waals surface area contributed by atoms with Crippen LogP contribution in [0.5, 0.6) is 0 Å².